The van der Waals surface area contributed by atoms with Gasteiger partial charge in [0.1, 0.15) is 5.75 Å². The van der Waals surface area contributed by atoms with Crippen LogP contribution in [0.1, 0.15) is 46.0 Å². The summed E-state index contributed by atoms with van der Waals surface area (Å²) in [5.41, 5.74) is 0.763. The molecule has 1 aromatic rings. The third kappa shape index (κ3) is 4.74. The summed E-state index contributed by atoms with van der Waals surface area (Å²) in [6.07, 6.45) is 5.25. The number of unbranched alkanes of at least 4 members (excludes halogenated alkanes) is 1. The lowest BCUT2D eigenvalue weighted by Gasteiger charge is -2.28. The van der Waals surface area contributed by atoms with E-state index in [1.807, 2.05) is 24.3 Å². The molecule has 2 atom stereocenters. The van der Waals surface area contributed by atoms with Crippen LogP contribution in [0.4, 0.5) is 5.69 Å². The van der Waals surface area contributed by atoms with Crippen molar-refractivity contribution in [3.63, 3.8) is 0 Å². The van der Waals surface area contributed by atoms with Gasteiger partial charge < -0.3 is 15.4 Å². The maximum absolute atomic E-state index is 12.4. The van der Waals surface area contributed by atoms with E-state index in [1.165, 1.54) is 0 Å². The molecule has 21 heavy (non-hydrogen) atoms. The van der Waals surface area contributed by atoms with E-state index in [4.69, 9.17) is 4.74 Å². The smallest absolute Gasteiger partial charge is 0.241 e. The number of ether oxygens (including phenoxy) is 1. The molecule has 1 aliphatic rings. The molecule has 0 spiro atoms. The van der Waals surface area contributed by atoms with Crippen LogP contribution in [0.5, 0.6) is 5.75 Å². The zero-order valence-corrected chi connectivity index (χ0v) is 13.0. The average molecular weight is 290 g/mol. The molecule has 1 aliphatic heterocycles. The van der Waals surface area contributed by atoms with Crippen molar-refractivity contribution in [2.24, 2.45) is 0 Å². The summed E-state index contributed by atoms with van der Waals surface area (Å²) in [4.78, 5) is 12.4. The van der Waals surface area contributed by atoms with E-state index in [-0.39, 0.29) is 11.9 Å². The first kappa shape index (κ1) is 15.8. The molecule has 0 bridgehead atoms. The third-order valence-corrected chi connectivity index (χ3v) is 3.83. The Bertz CT molecular complexity index is 462. The number of hydrogen-bond donors (Lipinski definition) is 2. The van der Waals surface area contributed by atoms with E-state index < -0.39 is 0 Å². The molecule has 2 rings (SSSR count). The van der Waals surface area contributed by atoms with Crippen LogP contribution in [0.25, 0.3) is 0 Å². The molecule has 1 saturated heterocycles. The quantitative estimate of drug-likeness (QED) is 0.790. The van der Waals surface area contributed by atoms with E-state index in [9.17, 15) is 4.79 Å². The van der Waals surface area contributed by atoms with Crippen LogP contribution in [0, 0.1) is 0 Å². The number of hydrogen-bond acceptors (Lipinski definition) is 3. The summed E-state index contributed by atoms with van der Waals surface area (Å²) in [6, 6.07) is 7.95. The second kappa shape index (κ2) is 8.03. The topological polar surface area (TPSA) is 50.4 Å². The Morgan fingerprint density at radius 1 is 1.38 bits per heavy atom. The highest BCUT2D eigenvalue weighted by molar-refractivity contribution is 5.96. The van der Waals surface area contributed by atoms with Gasteiger partial charge in [-0.2, -0.15) is 0 Å². The lowest BCUT2D eigenvalue weighted by atomic mass is 9.99. The minimum absolute atomic E-state index is 0.0353. The van der Waals surface area contributed by atoms with Crippen molar-refractivity contribution >= 4 is 11.6 Å². The minimum Gasteiger partial charge on any atom is -0.491 e. The van der Waals surface area contributed by atoms with E-state index in [0.717, 1.165) is 43.5 Å². The van der Waals surface area contributed by atoms with Gasteiger partial charge in [-0.1, -0.05) is 25.5 Å². The molecular weight excluding hydrogens is 264 g/mol. The fourth-order valence-electron chi connectivity index (χ4n) is 2.59. The van der Waals surface area contributed by atoms with Gasteiger partial charge >= 0.3 is 0 Å². The molecule has 0 aliphatic carbocycles. The van der Waals surface area contributed by atoms with Gasteiger partial charge in [0.05, 0.1) is 18.3 Å². The van der Waals surface area contributed by atoms with E-state index in [1.54, 1.807) is 0 Å². The Hall–Kier alpha value is -1.55. The highest BCUT2D eigenvalue weighted by Crippen LogP contribution is 2.25. The van der Waals surface area contributed by atoms with Crippen LogP contribution in [-0.2, 0) is 4.79 Å². The zero-order chi connectivity index (χ0) is 15.1. The highest BCUT2D eigenvalue weighted by Gasteiger charge is 2.24. The second-order valence-corrected chi connectivity index (χ2v) is 5.74. The Morgan fingerprint density at radius 2 is 2.19 bits per heavy atom. The van der Waals surface area contributed by atoms with Crippen LogP contribution >= 0.6 is 0 Å². The highest BCUT2D eigenvalue weighted by atomic mass is 16.5. The standard InChI is InChI=1S/C17H26N2O2/c1-3-4-12-21-16-11-6-5-9-14(16)19-17(20)15-10-7-8-13(2)18-15/h5-6,9,11,13,15,18H,3-4,7-8,10,12H2,1-2H3,(H,19,20). The van der Waals surface area contributed by atoms with Gasteiger partial charge in [-0.25, -0.2) is 0 Å². The van der Waals surface area contributed by atoms with Crippen LogP contribution < -0.4 is 15.4 Å². The number of carbonyl (C=O) groups excluding carboxylic acids is 1. The molecule has 4 nitrogen and oxygen atoms in total. The largest absolute Gasteiger partial charge is 0.491 e. The molecule has 0 saturated carbocycles. The molecule has 1 heterocycles. The van der Waals surface area contributed by atoms with Gasteiger partial charge in [-0.15, -0.1) is 0 Å². The zero-order valence-electron chi connectivity index (χ0n) is 13.0. The van der Waals surface area contributed by atoms with Crippen LogP contribution in [0.3, 0.4) is 0 Å². The van der Waals surface area contributed by atoms with Gasteiger partial charge in [-0.05, 0) is 44.7 Å². The second-order valence-electron chi connectivity index (χ2n) is 5.74. The summed E-state index contributed by atoms with van der Waals surface area (Å²) in [5, 5.41) is 6.36. The predicted molar refractivity (Wildman–Crippen MR) is 85.7 cm³/mol. The molecule has 1 aromatic carbocycles. The minimum atomic E-state index is -0.0996. The molecular formula is C17H26N2O2. The number of piperidine rings is 1. The van der Waals surface area contributed by atoms with Gasteiger partial charge in [-0.3, -0.25) is 4.79 Å². The lowest BCUT2D eigenvalue weighted by molar-refractivity contribution is -0.118. The van der Waals surface area contributed by atoms with Crippen molar-refractivity contribution in [1.82, 2.24) is 5.32 Å². The van der Waals surface area contributed by atoms with E-state index in [2.05, 4.69) is 24.5 Å². The number of amides is 1. The maximum Gasteiger partial charge on any atom is 0.241 e. The molecule has 2 unspecified atom stereocenters. The van der Waals surface area contributed by atoms with E-state index >= 15 is 0 Å². The van der Waals surface area contributed by atoms with Crippen molar-refractivity contribution in [3.8, 4) is 5.75 Å². The van der Waals surface area contributed by atoms with Crippen LogP contribution in [-0.4, -0.2) is 24.6 Å². The number of nitrogens with one attached hydrogen (secondary N) is 2. The summed E-state index contributed by atoms with van der Waals surface area (Å²) < 4.78 is 5.75. The molecule has 2 N–H and O–H groups in total. The van der Waals surface area contributed by atoms with Gasteiger partial charge in [0, 0.05) is 6.04 Å². The van der Waals surface area contributed by atoms with Crippen molar-refractivity contribution < 1.29 is 9.53 Å². The Labute approximate surface area is 127 Å². The fourth-order valence-corrected chi connectivity index (χ4v) is 2.59. The number of rotatable bonds is 6. The monoisotopic (exact) mass is 290 g/mol. The van der Waals surface area contributed by atoms with Crippen molar-refractivity contribution in [3.05, 3.63) is 24.3 Å². The van der Waals surface area contributed by atoms with Crippen molar-refractivity contribution in [2.45, 2.75) is 58.0 Å². The maximum atomic E-state index is 12.4. The fraction of sp³-hybridized carbons (Fsp3) is 0.588. The summed E-state index contributed by atoms with van der Waals surface area (Å²) >= 11 is 0. The summed E-state index contributed by atoms with van der Waals surface area (Å²) in [5.74, 6) is 0.788. The molecule has 1 fully saturated rings. The van der Waals surface area contributed by atoms with Crippen molar-refractivity contribution in [2.75, 3.05) is 11.9 Å². The number of anilines is 1. The third-order valence-electron chi connectivity index (χ3n) is 3.83. The summed E-state index contributed by atoms with van der Waals surface area (Å²) in [7, 11) is 0. The number of carbonyl (C=O) groups is 1. The van der Waals surface area contributed by atoms with E-state index in [0.29, 0.717) is 12.6 Å². The number of benzene rings is 1. The molecule has 116 valence electrons. The van der Waals surface area contributed by atoms with Crippen molar-refractivity contribution in [1.29, 1.82) is 0 Å². The summed E-state index contributed by atoms with van der Waals surface area (Å²) in [6.45, 7) is 4.94. The first-order chi connectivity index (χ1) is 10.2. The normalized spacial score (nSPS) is 21.8. The average Bonchev–Trinajstić information content (AvgIpc) is 2.49. The first-order valence-electron chi connectivity index (χ1n) is 7.99. The molecule has 4 heteroatoms. The lowest BCUT2D eigenvalue weighted by Crippen LogP contribution is -2.47. The van der Waals surface area contributed by atoms with Crippen LogP contribution in [0.2, 0.25) is 0 Å². The SMILES string of the molecule is CCCCOc1ccccc1NC(=O)C1CCCC(C)N1. The molecule has 0 radical (unpaired) electrons. The van der Waals surface area contributed by atoms with Crippen LogP contribution in [0.15, 0.2) is 24.3 Å². The first-order valence-corrected chi connectivity index (χ1v) is 7.99. The Morgan fingerprint density at radius 3 is 2.95 bits per heavy atom. The Balaban J connectivity index is 1.96. The number of para-hydroxylation sites is 2. The molecule has 1 amide bonds. The van der Waals surface area contributed by atoms with Gasteiger partial charge in [0.2, 0.25) is 5.91 Å². The molecule has 0 aromatic heterocycles. The predicted octanol–water partition coefficient (Wildman–Crippen LogP) is 3.33. The van der Waals surface area contributed by atoms with Gasteiger partial charge in [0.15, 0.2) is 0 Å². The Kier molecular flexibility index (Phi) is 6.05. The van der Waals surface area contributed by atoms with Gasteiger partial charge in [0.25, 0.3) is 0 Å².